The van der Waals surface area contributed by atoms with E-state index in [0.717, 1.165) is 6.42 Å². The molecule has 1 unspecified atom stereocenters. The molecule has 104 valence electrons. The van der Waals surface area contributed by atoms with Crippen LogP contribution in [0.15, 0.2) is 0 Å². The number of nitrogens with zero attached hydrogens (tertiary/aromatic N) is 5. The van der Waals surface area contributed by atoms with E-state index in [4.69, 9.17) is 5.26 Å². The first-order valence-electron chi connectivity index (χ1n) is 6.24. The Hall–Kier alpha value is -2.10. The van der Waals surface area contributed by atoms with Gasteiger partial charge in [-0.2, -0.15) is 10.4 Å². The molecule has 0 saturated carbocycles. The summed E-state index contributed by atoms with van der Waals surface area (Å²) >= 11 is 0. The van der Waals surface area contributed by atoms with Crippen LogP contribution < -0.4 is 4.90 Å². The van der Waals surface area contributed by atoms with Crippen molar-refractivity contribution in [2.24, 2.45) is 7.05 Å². The van der Waals surface area contributed by atoms with Gasteiger partial charge in [-0.1, -0.05) is 13.3 Å². The number of aryl methyl sites for hydroxylation is 2. The van der Waals surface area contributed by atoms with E-state index in [0.29, 0.717) is 24.4 Å². The first kappa shape index (κ1) is 15.0. The van der Waals surface area contributed by atoms with Gasteiger partial charge in [-0.05, 0) is 13.3 Å². The zero-order chi connectivity index (χ0) is 14.6. The molecule has 0 fully saturated rings. The molecule has 0 aromatic carbocycles. The van der Waals surface area contributed by atoms with Crippen molar-refractivity contribution in [3.05, 3.63) is 15.8 Å². The average molecular weight is 265 g/mol. The van der Waals surface area contributed by atoms with Crippen molar-refractivity contribution in [2.75, 3.05) is 11.9 Å². The molecule has 1 heterocycles. The molecular formula is C12H19N5O2. The van der Waals surface area contributed by atoms with Crippen molar-refractivity contribution in [1.29, 1.82) is 5.26 Å². The number of rotatable bonds is 6. The summed E-state index contributed by atoms with van der Waals surface area (Å²) in [4.78, 5) is 12.6. The number of hydrogen-bond acceptors (Lipinski definition) is 5. The fourth-order valence-electron chi connectivity index (χ4n) is 2.02. The molecule has 0 aliphatic heterocycles. The Morgan fingerprint density at radius 2 is 2.26 bits per heavy atom. The van der Waals surface area contributed by atoms with Gasteiger partial charge in [-0.15, -0.1) is 0 Å². The molecule has 7 heteroatoms. The number of anilines is 1. The smallest absolute Gasteiger partial charge is 0.334 e. The lowest BCUT2D eigenvalue weighted by molar-refractivity contribution is -0.384. The van der Waals surface area contributed by atoms with Crippen LogP contribution in [0.5, 0.6) is 0 Å². The molecule has 0 radical (unpaired) electrons. The quantitative estimate of drug-likeness (QED) is 0.580. The standard InChI is InChI=1S/C12H19N5O2/c1-5-6-10-11(17(18)19)12(16(4)14-10)15(3)9(2)7-8-13/h9H,5-7H2,1-4H3. The molecule has 0 saturated heterocycles. The summed E-state index contributed by atoms with van der Waals surface area (Å²) in [5, 5.41) is 24.2. The summed E-state index contributed by atoms with van der Waals surface area (Å²) in [6, 6.07) is 1.97. The van der Waals surface area contributed by atoms with Gasteiger partial charge in [0.2, 0.25) is 5.82 Å². The molecule has 1 aromatic heterocycles. The zero-order valence-corrected chi connectivity index (χ0v) is 11.8. The summed E-state index contributed by atoms with van der Waals surface area (Å²) in [7, 11) is 3.44. The minimum atomic E-state index is -0.386. The van der Waals surface area contributed by atoms with Crippen LogP contribution in [-0.4, -0.2) is 27.8 Å². The lowest BCUT2D eigenvalue weighted by Crippen LogP contribution is -2.30. The van der Waals surface area contributed by atoms with E-state index in [1.165, 1.54) is 4.68 Å². The Morgan fingerprint density at radius 1 is 1.63 bits per heavy atom. The second-order valence-electron chi connectivity index (χ2n) is 4.57. The van der Waals surface area contributed by atoms with E-state index in [2.05, 4.69) is 11.2 Å². The molecular weight excluding hydrogens is 246 g/mol. The number of aromatic nitrogens is 2. The monoisotopic (exact) mass is 265 g/mol. The van der Waals surface area contributed by atoms with Crippen molar-refractivity contribution in [3.8, 4) is 6.07 Å². The Balaban J connectivity index is 3.26. The summed E-state index contributed by atoms with van der Waals surface area (Å²) in [5.74, 6) is 0.455. The largest absolute Gasteiger partial charge is 0.350 e. The maximum Gasteiger partial charge on any atom is 0.334 e. The summed E-state index contributed by atoms with van der Waals surface area (Å²) < 4.78 is 1.52. The molecule has 0 aliphatic rings. The Bertz CT molecular complexity index is 503. The van der Waals surface area contributed by atoms with Crippen LogP contribution in [0.25, 0.3) is 0 Å². The van der Waals surface area contributed by atoms with Crippen molar-refractivity contribution in [3.63, 3.8) is 0 Å². The summed E-state index contributed by atoms with van der Waals surface area (Å²) in [6.45, 7) is 3.82. The highest BCUT2D eigenvalue weighted by atomic mass is 16.6. The topological polar surface area (TPSA) is 88.0 Å². The van der Waals surface area contributed by atoms with Crippen LogP contribution in [0.1, 0.15) is 32.4 Å². The Kier molecular flexibility index (Phi) is 4.87. The molecule has 0 spiro atoms. The summed E-state index contributed by atoms with van der Waals surface area (Å²) in [6.07, 6.45) is 1.68. The van der Waals surface area contributed by atoms with Crippen LogP contribution in [0, 0.1) is 21.4 Å². The molecule has 1 aromatic rings. The van der Waals surface area contributed by atoms with Gasteiger partial charge < -0.3 is 4.90 Å². The molecule has 19 heavy (non-hydrogen) atoms. The number of nitriles is 1. The van der Waals surface area contributed by atoms with E-state index >= 15 is 0 Å². The highest BCUT2D eigenvalue weighted by molar-refractivity contribution is 5.61. The first-order chi connectivity index (χ1) is 8.93. The minimum absolute atomic E-state index is 0.0524. The molecule has 0 N–H and O–H groups in total. The molecule has 0 bridgehead atoms. The van der Waals surface area contributed by atoms with E-state index in [1.807, 2.05) is 13.8 Å². The second kappa shape index (κ2) is 6.18. The van der Waals surface area contributed by atoms with E-state index in [-0.39, 0.29) is 16.7 Å². The average Bonchev–Trinajstić information content (AvgIpc) is 2.65. The van der Waals surface area contributed by atoms with Crippen LogP contribution in [0.2, 0.25) is 0 Å². The fraction of sp³-hybridized carbons (Fsp3) is 0.667. The van der Waals surface area contributed by atoms with Gasteiger partial charge >= 0.3 is 5.69 Å². The van der Waals surface area contributed by atoms with Crippen molar-refractivity contribution in [1.82, 2.24) is 9.78 Å². The van der Waals surface area contributed by atoms with Gasteiger partial charge in [0.1, 0.15) is 5.69 Å². The van der Waals surface area contributed by atoms with Gasteiger partial charge in [-0.25, -0.2) is 4.68 Å². The second-order valence-corrected chi connectivity index (χ2v) is 4.57. The molecule has 0 aliphatic carbocycles. The van der Waals surface area contributed by atoms with Gasteiger partial charge in [0.15, 0.2) is 0 Å². The third-order valence-corrected chi connectivity index (χ3v) is 3.11. The predicted octanol–water partition coefficient (Wildman–Crippen LogP) is 2.02. The van der Waals surface area contributed by atoms with Gasteiger partial charge in [-0.3, -0.25) is 10.1 Å². The third kappa shape index (κ3) is 3.02. The Morgan fingerprint density at radius 3 is 2.74 bits per heavy atom. The number of hydrogen-bond donors (Lipinski definition) is 0. The van der Waals surface area contributed by atoms with E-state index in [1.54, 1.807) is 19.0 Å². The lowest BCUT2D eigenvalue weighted by Gasteiger charge is -2.23. The maximum absolute atomic E-state index is 11.3. The fourth-order valence-corrected chi connectivity index (χ4v) is 2.02. The predicted molar refractivity (Wildman–Crippen MR) is 72.0 cm³/mol. The van der Waals surface area contributed by atoms with Gasteiger partial charge in [0, 0.05) is 20.1 Å². The van der Waals surface area contributed by atoms with E-state index in [9.17, 15) is 10.1 Å². The number of nitro groups is 1. The molecule has 1 rings (SSSR count). The first-order valence-corrected chi connectivity index (χ1v) is 6.24. The van der Waals surface area contributed by atoms with E-state index < -0.39 is 0 Å². The normalized spacial score (nSPS) is 11.9. The van der Waals surface area contributed by atoms with Crippen LogP contribution in [0.4, 0.5) is 11.5 Å². The summed E-state index contributed by atoms with van der Waals surface area (Å²) in [5.41, 5.74) is 0.553. The highest BCUT2D eigenvalue weighted by Crippen LogP contribution is 2.32. The van der Waals surface area contributed by atoms with Gasteiger partial charge in [0.25, 0.3) is 0 Å². The minimum Gasteiger partial charge on any atom is -0.350 e. The Labute approximate surface area is 112 Å². The van der Waals surface area contributed by atoms with Crippen molar-refractivity contribution >= 4 is 11.5 Å². The third-order valence-electron chi connectivity index (χ3n) is 3.11. The van der Waals surface area contributed by atoms with Gasteiger partial charge in [0.05, 0.1) is 17.4 Å². The van der Waals surface area contributed by atoms with Crippen LogP contribution in [0.3, 0.4) is 0 Å². The highest BCUT2D eigenvalue weighted by Gasteiger charge is 2.30. The van der Waals surface area contributed by atoms with Crippen molar-refractivity contribution in [2.45, 2.75) is 39.2 Å². The molecule has 0 amide bonds. The van der Waals surface area contributed by atoms with Crippen molar-refractivity contribution < 1.29 is 4.92 Å². The lowest BCUT2D eigenvalue weighted by atomic mass is 10.2. The zero-order valence-electron chi connectivity index (χ0n) is 11.8. The molecule has 1 atom stereocenters. The van der Waals surface area contributed by atoms with Crippen LogP contribution >= 0.6 is 0 Å². The van der Waals surface area contributed by atoms with Crippen LogP contribution in [-0.2, 0) is 13.5 Å². The maximum atomic E-state index is 11.3. The SMILES string of the molecule is CCCc1nn(C)c(N(C)C(C)CC#N)c1[N+](=O)[O-]. The molecule has 7 nitrogen and oxygen atoms in total.